The average Bonchev–Trinajstić information content (AvgIpc) is 2.62. The number of aromatic nitrogens is 1. The van der Waals surface area contributed by atoms with Crippen LogP contribution in [0.25, 0.3) is 0 Å². The number of phenols is 1. The molecule has 6 nitrogen and oxygen atoms in total. The first kappa shape index (κ1) is 16.3. The highest BCUT2D eigenvalue weighted by atomic mass is 16.5. The van der Waals surface area contributed by atoms with Crippen LogP contribution in [0.15, 0.2) is 42.7 Å². The summed E-state index contributed by atoms with van der Waals surface area (Å²) in [4.78, 5) is 20.8. The van der Waals surface area contributed by atoms with E-state index < -0.39 is 0 Å². The van der Waals surface area contributed by atoms with Crippen molar-refractivity contribution in [2.24, 2.45) is 0 Å². The Morgan fingerprint density at radius 3 is 2.67 bits per heavy atom. The van der Waals surface area contributed by atoms with Crippen LogP contribution in [0.3, 0.4) is 0 Å². The molecule has 0 bridgehead atoms. The van der Waals surface area contributed by atoms with E-state index in [-0.39, 0.29) is 11.7 Å². The molecule has 1 saturated heterocycles. The maximum atomic E-state index is 12.6. The van der Waals surface area contributed by atoms with Crippen LogP contribution in [0.5, 0.6) is 11.5 Å². The van der Waals surface area contributed by atoms with Crippen LogP contribution in [0.4, 0.5) is 0 Å². The summed E-state index contributed by atoms with van der Waals surface area (Å²) >= 11 is 0. The van der Waals surface area contributed by atoms with Crippen LogP contribution in [-0.2, 0) is 6.54 Å². The van der Waals surface area contributed by atoms with E-state index in [4.69, 9.17) is 4.74 Å². The van der Waals surface area contributed by atoms with Crippen LogP contribution >= 0.6 is 0 Å². The first-order valence-electron chi connectivity index (χ1n) is 7.95. The van der Waals surface area contributed by atoms with Gasteiger partial charge in [-0.2, -0.15) is 0 Å². The highest BCUT2D eigenvalue weighted by molar-refractivity contribution is 5.97. The lowest BCUT2D eigenvalue weighted by Gasteiger charge is -2.34. The van der Waals surface area contributed by atoms with Gasteiger partial charge >= 0.3 is 0 Å². The van der Waals surface area contributed by atoms with Gasteiger partial charge in [-0.1, -0.05) is 6.07 Å². The largest absolute Gasteiger partial charge is 0.507 e. The van der Waals surface area contributed by atoms with Crippen LogP contribution in [0.1, 0.15) is 15.9 Å². The van der Waals surface area contributed by atoms with E-state index in [9.17, 15) is 9.90 Å². The number of aromatic hydroxyl groups is 1. The summed E-state index contributed by atoms with van der Waals surface area (Å²) < 4.78 is 5.05. The Balaban J connectivity index is 1.59. The number of rotatable bonds is 4. The monoisotopic (exact) mass is 327 g/mol. The number of hydrogen-bond donors (Lipinski definition) is 1. The van der Waals surface area contributed by atoms with Crippen molar-refractivity contribution >= 4 is 5.91 Å². The lowest BCUT2D eigenvalue weighted by molar-refractivity contribution is 0.0625. The molecule has 1 N–H and O–H groups in total. The SMILES string of the molecule is COc1ccc(C(=O)N2CCN(Cc3cccnc3)CC2)c(O)c1. The molecule has 1 aliphatic rings. The molecule has 24 heavy (non-hydrogen) atoms. The van der Waals surface area contributed by atoms with E-state index in [0.29, 0.717) is 24.4 Å². The Kier molecular flexibility index (Phi) is 4.96. The molecule has 2 aromatic rings. The molecule has 1 aliphatic heterocycles. The zero-order valence-corrected chi connectivity index (χ0v) is 13.7. The number of phenolic OH excluding ortho intramolecular Hbond substituents is 1. The van der Waals surface area contributed by atoms with Crippen molar-refractivity contribution in [1.82, 2.24) is 14.8 Å². The summed E-state index contributed by atoms with van der Waals surface area (Å²) in [6.07, 6.45) is 3.63. The predicted octanol–water partition coefficient (Wildman–Crippen LogP) is 1.75. The second kappa shape index (κ2) is 7.31. The maximum absolute atomic E-state index is 12.6. The zero-order valence-electron chi connectivity index (χ0n) is 13.7. The maximum Gasteiger partial charge on any atom is 0.257 e. The summed E-state index contributed by atoms with van der Waals surface area (Å²) in [7, 11) is 1.53. The van der Waals surface area contributed by atoms with E-state index in [2.05, 4.69) is 16.0 Å². The zero-order chi connectivity index (χ0) is 16.9. The van der Waals surface area contributed by atoms with Crippen molar-refractivity contribution in [3.63, 3.8) is 0 Å². The van der Waals surface area contributed by atoms with Crippen LogP contribution in [-0.4, -0.2) is 59.1 Å². The highest BCUT2D eigenvalue weighted by Crippen LogP contribution is 2.25. The van der Waals surface area contributed by atoms with Gasteiger partial charge in [0.1, 0.15) is 11.5 Å². The van der Waals surface area contributed by atoms with Gasteiger partial charge in [-0.15, -0.1) is 0 Å². The van der Waals surface area contributed by atoms with Crippen LogP contribution < -0.4 is 4.74 Å². The number of nitrogens with zero attached hydrogens (tertiary/aromatic N) is 3. The van der Waals surface area contributed by atoms with Crippen molar-refractivity contribution in [2.45, 2.75) is 6.54 Å². The van der Waals surface area contributed by atoms with E-state index in [1.54, 1.807) is 23.2 Å². The van der Waals surface area contributed by atoms with Gasteiger partial charge in [-0.3, -0.25) is 14.7 Å². The van der Waals surface area contributed by atoms with Crippen molar-refractivity contribution in [1.29, 1.82) is 0 Å². The van der Waals surface area contributed by atoms with Gasteiger partial charge in [0.2, 0.25) is 0 Å². The number of ether oxygens (including phenoxy) is 1. The lowest BCUT2D eigenvalue weighted by atomic mass is 10.1. The molecule has 1 aromatic heterocycles. The number of carbonyl (C=O) groups is 1. The smallest absolute Gasteiger partial charge is 0.257 e. The van der Waals surface area contributed by atoms with Crippen molar-refractivity contribution in [2.75, 3.05) is 33.3 Å². The van der Waals surface area contributed by atoms with Gasteiger partial charge in [0.15, 0.2) is 0 Å². The van der Waals surface area contributed by atoms with Gasteiger partial charge in [-0.25, -0.2) is 0 Å². The molecule has 0 saturated carbocycles. The Morgan fingerprint density at radius 2 is 2.04 bits per heavy atom. The van der Waals surface area contributed by atoms with Crippen molar-refractivity contribution in [3.05, 3.63) is 53.9 Å². The first-order valence-corrected chi connectivity index (χ1v) is 7.95. The molecule has 2 heterocycles. The van der Waals surface area contributed by atoms with Gasteiger partial charge in [0.05, 0.1) is 12.7 Å². The van der Waals surface area contributed by atoms with E-state index in [1.807, 2.05) is 12.3 Å². The topological polar surface area (TPSA) is 65.9 Å². The summed E-state index contributed by atoms with van der Waals surface area (Å²) in [6.45, 7) is 3.73. The number of piperazine rings is 1. The Labute approximate surface area is 141 Å². The van der Waals surface area contributed by atoms with E-state index >= 15 is 0 Å². The number of methoxy groups -OCH3 is 1. The molecule has 1 aromatic carbocycles. The summed E-state index contributed by atoms with van der Waals surface area (Å²) in [5, 5.41) is 10.0. The molecule has 1 amide bonds. The Morgan fingerprint density at radius 1 is 1.25 bits per heavy atom. The molecule has 0 spiro atoms. The minimum Gasteiger partial charge on any atom is -0.507 e. The number of hydrogen-bond acceptors (Lipinski definition) is 5. The van der Waals surface area contributed by atoms with Crippen LogP contribution in [0.2, 0.25) is 0 Å². The normalized spacial score (nSPS) is 15.3. The lowest BCUT2D eigenvalue weighted by Crippen LogP contribution is -2.48. The van der Waals surface area contributed by atoms with Crippen LogP contribution in [0, 0.1) is 0 Å². The molecule has 1 fully saturated rings. The minimum absolute atomic E-state index is 0.0443. The fourth-order valence-electron chi connectivity index (χ4n) is 2.85. The first-order chi connectivity index (χ1) is 11.7. The summed E-state index contributed by atoms with van der Waals surface area (Å²) in [5.41, 5.74) is 1.49. The molecule has 0 aliphatic carbocycles. The Hall–Kier alpha value is -2.60. The summed E-state index contributed by atoms with van der Waals surface area (Å²) in [6, 6.07) is 8.75. The van der Waals surface area contributed by atoms with E-state index in [1.165, 1.54) is 18.7 Å². The number of carbonyl (C=O) groups excluding carboxylic acids is 1. The third-order valence-corrected chi connectivity index (χ3v) is 4.22. The predicted molar refractivity (Wildman–Crippen MR) is 90.1 cm³/mol. The van der Waals surface area contributed by atoms with Gasteiger partial charge < -0.3 is 14.7 Å². The quantitative estimate of drug-likeness (QED) is 0.927. The second-order valence-electron chi connectivity index (χ2n) is 5.81. The molecule has 0 atom stereocenters. The molecular weight excluding hydrogens is 306 g/mol. The third-order valence-electron chi connectivity index (χ3n) is 4.22. The highest BCUT2D eigenvalue weighted by Gasteiger charge is 2.24. The molecule has 126 valence electrons. The molecule has 0 unspecified atom stereocenters. The van der Waals surface area contributed by atoms with Crippen molar-refractivity contribution < 1.29 is 14.6 Å². The Bertz CT molecular complexity index is 698. The number of benzene rings is 1. The van der Waals surface area contributed by atoms with Gasteiger partial charge in [0, 0.05) is 51.2 Å². The number of amides is 1. The molecule has 3 rings (SSSR count). The standard InChI is InChI=1S/C18H21N3O3/c1-24-15-4-5-16(17(22)11-15)18(23)21-9-7-20(8-10-21)13-14-3-2-6-19-12-14/h2-6,11-12,22H,7-10,13H2,1H3. The third kappa shape index (κ3) is 3.65. The molecular formula is C18H21N3O3. The van der Waals surface area contributed by atoms with Crippen molar-refractivity contribution in [3.8, 4) is 11.5 Å². The van der Waals surface area contributed by atoms with Gasteiger partial charge in [-0.05, 0) is 23.8 Å². The fourth-order valence-corrected chi connectivity index (χ4v) is 2.85. The second-order valence-corrected chi connectivity index (χ2v) is 5.81. The number of pyridine rings is 1. The fraction of sp³-hybridized carbons (Fsp3) is 0.333. The molecule has 0 radical (unpaired) electrons. The summed E-state index contributed by atoms with van der Waals surface area (Å²) in [5.74, 6) is 0.346. The minimum atomic E-state index is -0.142. The van der Waals surface area contributed by atoms with E-state index in [0.717, 1.165) is 19.6 Å². The molecule has 6 heteroatoms. The van der Waals surface area contributed by atoms with Gasteiger partial charge in [0.25, 0.3) is 5.91 Å². The average molecular weight is 327 g/mol.